The zero-order valence-electron chi connectivity index (χ0n) is 13.9. The number of para-hydroxylation sites is 1. The highest BCUT2D eigenvalue weighted by molar-refractivity contribution is 7.80. The standard InChI is InChI=1S/C20H24N2S/c1-3-16-6-4-5-7-19(16)21-20(23)22-13-12-18(14-22)17-10-8-15(2)9-11-17/h4-11,18H,3,12-14H2,1-2H3,(H,21,23). The minimum Gasteiger partial charge on any atom is -0.348 e. The third-order valence-corrected chi connectivity index (χ3v) is 5.02. The number of anilines is 1. The molecule has 3 heteroatoms. The molecule has 1 unspecified atom stereocenters. The lowest BCUT2D eigenvalue weighted by atomic mass is 9.98. The topological polar surface area (TPSA) is 15.3 Å². The third-order valence-electron chi connectivity index (χ3n) is 4.66. The third kappa shape index (κ3) is 3.73. The maximum atomic E-state index is 5.64. The van der Waals surface area contributed by atoms with Crippen LogP contribution in [0, 0.1) is 6.92 Å². The number of benzene rings is 2. The van der Waals surface area contributed by atoms with Crippen LogP contribution in [0.1, 0.15) is 36.0 Å². The summed E-state index contributed by atoms with van der Waals surface area (Å²) in [5.74, 6) is 0.580. The second-order valence-corrected chi connectivity index (χ2v) is 6.67. The maximum Gasteiger partial charge on any atom is 0.173 e. The lowest BCUT2D eigenvalue weighted by Gasteiger charge is -2.22. The van der Waals surface area contributed by atoms with Gasteiger partial charge in [0.2, 0.25) is 0 Å². The average Bonchev–Trinajstić information content (AvgIpc) is 3.06. The van der Waals surface area contributed by atoms with Gasteiger partial charge in [-0.2, -0.15) is 0 Å². The molecule has 1 heterocycles. The fourth-order valence-electron chi connectivity index (χ4n) is 3.20. The fraction of sp³-hybridized carbons (Fsp3) is 0.350. The molecule has 1 aliphatic rings. The van der Waals surface area contributed by atoms with Crippen molar-refractivity contribution in [1.29, 1.82) is 0 Å². The van der Waals surface area contributed by atoms with Gasteiger partial charge in [0, 0.05) is 24.7 Å². The Balaban J connectivity index is 1.64. The van der Waals surface area contributed by atoms with Crippen LogP contribution in [0.4, 0.5) is 5.69 Å². The molecule has 0 aliphatic carbocycles. The molecule has 1 aliphatic heterocycles. The molecule has 3 rings (SSSR count). The fourth-order valence-corrected chi connectivity index (χ4v) is 3.48. The van der Waals surface area contributed by atoms with E-state index < -0.39 is 0 Å². The van der Waals surface area contributed by atoms with Crippen LogP contribution in [0.15, 0.2) is 48.5 Å². The minimum absolute atomic E-state index is 0.580. The highest BCUT2D eigenvalue weighted by Crippen LogP contribution is 2.28. The first-order valence-electron chi connectivity index (χ1n) is 8.37. The van der Waals surface area contributed by atoms with Crippen LogP contribution in [0.25, 0.3) is 0 Å². The van der Waals surface area contributed by atoms with Crippen molar-refractivity contribution in [2.24, 2.45) is 0 Å². The molecule has 1 atom stereocenters. The van der Waals surface area contributed by atoms with Gasteiger partial charge in [-0.25, -0.2) is 0 Å². The number of hydrogen-bond acceptors (Lipinski definition) is 1. The molecule has 2 nitrogen and oxygen atoms in total. The molecule has 1 N–H and O–H groups in total. The minimum atomic E-state index is 0.580. The van der Waals surface area contributed by atoms with Gasteiger partial charge in [-0.3, -0.25) is 0 Å². The zero-order valence-corrected chi connectivity index (χ0v) is 14.7. The molecule has 0 amide bonds. The van der Waals surface area contributed by atoms with Gasteiger partial charge in [0.1, 0.15) is 0 Å². The summed E-state index contributed by atoms with van der Waals surface area (Å²) in [5, 5.41) is 4.29. The Bertz CT molecular complexity index is 678. The first-order valence-corrected chi connectivity index (χ1v) is 8.78. The van der Waals surface area contributed by atoms with Gasteiger partial charge in [0.15, 0.2) is 5.11 Å². The molecule has 1 saturated heterocycles. The molecule has 0 saturated carbocycles. The molecule has 0 aromatic heterocycles. The van der Waals surface area contributed by atoms with E-state index in [1.54, 1.807) is 0 Å². The molecule has 2 aromatic rings. The molecule has 2 aromatic carbocycles. The summed E-state index contributed by atoms with van der Waals surface area (Å²) < 4.78 is 0. The van der Waals surface area contributed by atoms with E-state index in [1.807, 2.05) is 0 Å². The van der Waals surface area contributed by atoms with Crippen molar-refractivity contribution in [3.8, 4) is 0 Å². The van der Waals surface area contributed by atoms with Crippen molar-refractivity contribution in [1.82, 2.24) is 4.90 Å². The molecule has 0 bridgehead atoms. The van der Waals surface area contributed by atoms with E-state index in [-0.39, 0.29) is 0 Å². The van der Waals surface area contributed by atoms with Crippen LogP contribution in [-0.2, 0) is 6.42 Å². The van der Waals surface area contributed by atoms with E-state index in [1.165, 1.54) is 23.1 Å². The Morgan fingerprint density at radius 3 is 2.65 bits per heavy atom. The average molecular weight is 324 g/mol. The van der Waals surface area contributed by atoms with Crippen LogP contribution >= 0.6 is 12.2 Å². The van der Waals surface area contributed by atoms with Crippen molar-refractivity contribution in [2.45, 2.75) is 32.6 Å². The quantitative estimate of drug-likeness (QED) is 0.821. The van der Waals surface area contributed by atoms with Crippen molar-refractivity contribution >= 4 is 23.0 Å². The SMILES string of the molecule is CCc1ccccc1NC(=S)N1CCC(c2ccc(C)cc2)C1. The van der Waals surface area contributed by atoms with Gasteiger partial charge in [-0.1, -0.05) is 55.0 Å². The summed E-state index contributed by atoms with van der Waals surface area (Å²) in [6.45, 7) is 6.34. The lowest BCUT2D eigenvalue weighted by Crippen LogP contribution is -2.32. The molecule has 23 heavy (non-hydrogen) atoms. The summed E-state index contributed by atoms with van der Waals surface area (Å²) in [5.41, 5.74) is 5.19. The summed E-state index contributed by atoms with van der Waals surface area (Å²) in [6.07, 6.45) is 2.18. The number of nitrogens with zero attached hydrogens (tertiary/aromatic N) is 1. The first-order chi connectivity index (χ1) is 11.2. The van der Waals surface area contributed by atoms with E-state index in [2.05, 4.69) is 72.6 Å². The maximum absolute atomic E-state index is 5.64. The number of hydrogen-bond donors (Lipinski definition) is 1. The van der Waals surface area contributed by atoms with Gasteiger partial charge in [-0.05, 0) is 49.2 Å². The highest BCUT2D eigenvalue weighted by Gasteiger charge is 2.25. The van der Waals surface area contributed by atoms with E-state index in [9.17, 15) is 0 Å². The normalized spacial score (nSPS) is 17.3. The van der Waals surface area contributed by atoms with Crippen molar-refractivity contribution in [3.05, 3.63) is 65.2 Å². The highest BCUT2D eigenvalue weighted by atomic mass is 32.1. The van der Waals surface area contributed by atoms with Crippen LogP contribution in [0.2, 0.25) is 0 Å². The van der Waals surface area contributed by atoms with Crippen molar-refractivity contribution in [3.63, 3.8) is 0 Å². The van der Waals surface area contributed by atoms with Crippen LogP contribution < -0.4 is 5.32 Å². The number of thiocarbonyl (C=S) groups is 1. The van der Waals surface area contributed by atoms with E-state index >= 15 is 0 Å². The molecule has 0 radical (unpaired) electrons. The van der Waals surface area contributed by atoms with Crippen LogP contribution in [0.5, 0.6) is 0 Å². The van der Waals surface area contributed by atoms with Crippen LogP contribution in [0.3, 0.4) is 0 Å². The predicted molar refractivity (Wildman–Crippen MR) is 102 cm³/mol. The summed E-state index contributed by atoms with van der Waals surface area (Å²) >= 11 is 5.64. The van der Waals surface area contributed by atoms with E-state index in [0.717, 1.165) is 30.3 Å². The Labute approximate surface area is 144 Å². The second kappa shape index (κ2) is 7.14. The Kier molecular flexibility index (Phi) is 4.97. The summed E-state index contributed by atoms with van der Waals surface area (Å²) in [4.78, 5) is 2.30. The van der Waals surface area contributed by atoms with Gasteiger partial charge < -0.3 is 10.2 Å². The molecule has 1 fully saturated rings. The molecular weight excluding hydrogens is 300 g/mol. The zero-order chi connectivity index (χ0) is 16.2. The molecule has 120 valence electrons. The van der Waals surface area contributed by atoms with E-state index in [0.29, 0.717) is 5.92 Å². The number of nitrogens with one attached hydrogen (secondary N) is 1. The van der Waals surface area contributed by atoms with Gasteiger partial charge in [-0.15, -0.1) is 0 Å². The predicted octanol–water partition coefficient (Wildman–Crippen LogP) is 4.74. The Morgan fingerprint density at radius 2 is 1.91 bits per heavy atom. The van der Waals surface area contributed by atoms with Gasteiger partial charge in [0.05, 0.1) is 0 Å². The van der Waals surface area contributed by atoms with Gasteiger partial charge >= 0.3 is 0 Å². The van der Waals surface area contributed by atoms with E-state index in [4.69, 9.17) is 12.2 Å². The monoisotopic (exact) mass is 324 g/mol. The largest absolute Gasteiger partial charge is 0.348 e. The Hall–Kier alpha value is -1.87. The Morgan fingerprint density at radius 1 is 1.17 bits per heavy atom. The second-order valence-electron chi connectivity index (χ2n) is 6.28. The number of rotatable bonds is 3. The summed E-state index contributed by atoms with van der Waals surface area (Å²) in [7, 11) is 0. The first kappa shape index (κ1) is 16.0. The summed E-state index contributed by atoms with van der Waals surface area (Å²) in [6, 6.07) is 17.3. The van der Waals surface area contributed by atoms with Crippen LogP contribution in [-0.4, -0.2) is 23.1 Å². The van der Waals surface area contributed by atoms with Gasteiger partial charge in [0.25, 0.3) is 0 Å². The smallest absolute Gasteiger partial charge is 0.173 e. The van der Waals surface area contributed by atoms with Crippen molar-refractivity contribution in [2.75, 3.05) is 18.4 Å². The van der Waals surface area contributed by atoms with Crippen molar-refractivity contribution < 1.29 is 0 Å². The molecule has 0 spiro atoms. The lowest BCUT2D eigenvalue weighted by molar-refractivity contribution is 0.518. The molecular formula is C20H24N2S. The number of aryl methyl sites for hydroxylation is 2. The number of likely N-dealkylation sites (tertiary alicyclic amines) is 1.